The Kier molecular flexibility index (Phi) is 3.53. The van der Waals surface area contributed by atoms with Crippen molar-refractivity contribution in [3.8, 4) is 11.6 Å². The second-order valence-electron chi connectivity index (χ2n) is 4.11. The van der Waals surface area contributed by atoms with Crippen LogP contribution in [0.15, 0.2) is 24.3 Å². The van der Waals surface area contributed by atoms with Crippen molar-refractivity contribution in [3.05, 3.63) is 35.5 Å². The lowest BCUT2D eigenvalue weighted by molar-refractivity contribution is 0.184. The summed E-state index contributed by atoms with van der Waals surface area (Å²) >= 11 is 0. The maximum absolute atomic E-state index is 5.91. The van der Waals surface area contributed by atoms with Crippen LogP contribution in [-0.4, -0.2) is 16.9 Å². The van der Waals surface area contributed by atoms with Gasteiger partial charge in [-0.15, -0.1) is 0 Å². The fourth-order valence-corrected chi connectivity index (χ4v) is 1.75. The van der Waals surface area contributed by atoms with E-state index in [-0.39, 0.29) is 0 Å². The molecular formula is C13H17N3O2. The Morgan fingerprint density at radius 3 is 2.78 bits per heavy atom. The van der Waals surface area contributed by atoms with E-state index in [9.17, 15) is 0 Å². The van der Waals surface area contributed by atoms with Crippen molar-refractivity contribution in [1.29, 1.82) is 0 Å². The van der Waals surface area contributed by atoms with Crippen molar-refractivity contribution in [1.82, 2.24) is 9.78 Å². The van der Waals surface area contributed by atoms with E-state index in [1.165, 1.54) is 0 Å². The van der Waals surface area contributed by atoms with Gasteiger partial charge in [0.1, 0.15) is 11.4 Å². The molecule has 5 heteroatoms. The number of nitrogens with two attached hydrogens (primary N) is 1. The summed E-state index contributed by atoms with van der Waals surface area (Å²) in [7, 11) is 3.47. The number of hydrogen-bond donors (Lipinski definition) is 1. The summed E-state index contributed by atoms with van der Waals surface area (Å²) in [5.41, 5.74) is 8.29. The van der Waals surface area contributed by atoms with Gasteiger partial charge in [-0.1, -0.05) is 12.1 Å². The summed E-state index contributed by atoms with van der Waals surface area (Å²) in [4.78, 5) is 0. The number of ether oxygens (including phenoxy) is 2. The molecule has 0 atom stereocenters. The molecule has 0 aliphatic rings. The van der Waals surface area contributed by atoms with Gasteiger partial charge in [0.05, 0.1) is 12.3 Å². The number of rotatable bonds is 4. The summed E-state index contributed by atoms with van der Waals surface area (Å²) in [6.07, 6.45) is 0. The van der Waals surface area contributed by atoms with Crippen LogP contribution >= 0.6 is 0 Å². The summed E-state index contributed by atoms with van der Waals surface area (Å²) in [6.45, 7) is 2.40. The molecule has 1 aromatic heterocycles. The molecule has 0 unspecified atom stereocenters. The summed E-state index contributed by atoms with van der Waals surface area (Å²) in [6, 6.07) is 7.70. The third kappa shape index (κ3) is 2.46. The molecule has 0 saturated carbocycles. The minimum atomic E-state index is 0.553. The van der Waals surface area contributed by atoms with E-state index in [1.54, 1.807) is 18.8 Å². The van der Waals surface area contributed by atoms with Crippen LogP contribution < -0.4 is 10.5 Å². The average molecular weight is 247 g/mol. The number of hydrogen-bond acceptors (Lipinski definition) is 4. The minimum absolute atomic E-state index is 0.553. The van der Waals surface area contributed by atoms with Crippen LogP contribution in [0.5, 0.6) is 11.6 Å². The van der Waals surface area contributed by atoms with E-state index in [1.807, 2.05) is 31.2 Å². The normalized spacial score (nSPS) is 10.6. The third-order valence-corrected chi connectivity index (χ3v) is 2.64. The zero-order valence-corrected chi connectivity index (χ0v) is 10.8. The number of methoxy groups -OCH3 is 1. The fraction of sp³-hybridized carbons (Fsp3) is 0.308. The number of aryl methyl sites for hydroxylation is 2. The molecule has 0 bridgehead atoms. The molecule has 2 N–H and O–H groups in total. The van der Waals surface area contributed by atoms with E-state index in [2.05, 4.69) is 5.10 Å². The van der Waals surface area contributed by atoms with Gasteiger partial charge in [-0.25, -0.2) is 4.68 Å². The number of nitrogens with zero attached hydrogens (tertiary/aromatic N) is 2. The van der Waals surface area contributed by atoms with E-state index in [0.717, 1.165) is 17.0 Å². The van der Waals surface area contributed by atoms with Crippen LogP contribution in [0, 0.1) is 6.92 Å². The Balaban J connectivity index is 2.25. The van der Waals surface area contributed by atoms with Crippen molar-refractivity contribution in [2.75, 3.05) is 12.8 Å². The van der Waals surface area contributed by atoms with Gasteiger partial charge in [0.15, 0.2) is 0 Å². The maximum atomic E-state index is 5.91. The van der Waals surface area contributed by atoms with Gasteiger partial charge in [0.2, 0.25) is 5.88 Å². The number of nitrogen functional groups attached to an aromatic ring is 1. The molecule has 18 heavy (non-hydrogen) atoms. The number of benzene rings is 1. The van der Waals surface area contributed by atoms with Crippen molar-refractivity contribution in [2.45, 2.75) is 13.5 Å². The molecule has 1 heterocycles. The third-order valence-electron chi connectivity index (χ3n) is 2.64. The molecule has 2 aromatic rings. The van der Waals surface area contributed by atoms with Crippen LogP contribution in [0.2, 0.25) is 0 Å². The Bertz CT molecular complexity index is 549. The van der Waals surface area contributed by atoms with Gasteiger partial charge in [-0.3, -0.25) is 0 Å². The van der Waals surface area contributed by atoms with Crippen LogP contribution in [0.4, 0.5) is 5.69 Å². The van der Waals surface area contributed by atoms with Gasteiger partial charge < -0.3 is 15.2 Å². The lowest BCUT2D eigenvalue weighted by Crippen LogP contribution is -1.97. The highest BCUT2D eigenvalue weighted by Gasteiger charge is 2.12. The van der Waals surface area contributed by atoms with Gasteiger partial charge in [0.25, 0.3) is 0 Å². The molecule has 2 rings (SSSR count). The lowest BCUT2D eigenvalue weighted by Gasteiger charge is -2.08. The van der Waals surface area contributed by atoms with Crippen molar-refractivity contribution >= 4 is 5.69 Å². The molecule has 0 amide bonds. The first kappa shape index (κ1) is 12.4. The molecule has 0 fully saturated rings. The summed E-state index contributed by atoms with van der Waals surface area (Å²) in [5.74, 6) is 1.28. The Morgan fingerprint density at radius 1 is 1.39 bits per heavy atom. The van der Waals surface area contributed by atoms with E-state index < -0.39 is 0 Å². The number of anilines is 1. The van der Waals surface area contributed by atoms with Crippen molar-refractivity contribution in [3.63, 3.8) is 0 Å². The van der Waals surface area contributed by atoms with Gasteiger partial charge >= 0.3 is 0 Å². The molecule has 0 saturated heterocycles. The van der Waals surface area contributed by atoms with Crippen LogP contribution in [-0.2, 0) is 18.4 Å². The SMILES string of the molecule is COCc1cccc(Oc2c(N)c(C)nn2C)c1. The molecule has 0 aliphatic carbocycles. The Hall–Kier alpha value is -2.01. The second kappa shape index (κ2) is 5.10. The molecule has 1 aromatic carbocycles. The van der Waals surface area contributed by atoms with E-state index in [4.69, 9.17) is 15.2 Å². The smallest absolute Gasteiger partial charge is 0.241 e. The largest absolute Gasteiger partial charge is 0.437 e. The highest BCUT2D eigenvalue weighted by atomic mass is 16.5. The predicted molar refractivity (Wildman–Crippen MR) is 69.6 cm³/mol. The van der Waals surface area contributed by atoms with Crippen molar-refractivity contribution < 1.29 is 9.47 Å². The number of aromatic nitrogens is 2. The van der Waals surface area contributed by atoms with E-state index >= 15 is 0 Å². The maximum Gasteiger partial charge on any atom is 0.241 e. The second-order valence-corrected chi connectivity index (χ2v) is 4.11. The standard InChI is InChI=1S/C13H17N3O2/c1-9-12(14)13(16(2)15-9)18-11-6-4-5-10(7-11)8-17-3/h4-7H,8,14H2,1-3H3. The Labute approximate surface area is 106 Å². The first-order valence-electron chi connectivity index (χ1n) is 5.66. The minimum Gasteiger partial charge on any atom is -0.437 e. The zero-order valence-electron chi connectivity index (χ0n) is 10.8. The van der Waals surface area contributed by atoms with E-state index in [0.29, 0.717) is 18.2 Å². The highest BCUT2D eigenvalue weighted by molar-refractivity contribution is 5.53. The quantitative estimate of drug-likeness (QED) is 0.900. The summed E-state index contributed by atoms with van der Waals surface area (Å²) < 4.78 is 12.5. The molecule has 96 valence electrons. The fourth-order valence-electron chi connectivity index (χ4n) is 1.75. The first-order chi connectivity index (χ1) is 8.61. The highest BCUT2D eigenvalue weighted by Crippen LogP contribution is 2.29. The van der Waals surface area contributed by atoms with Crippen LogP contribution in [0.25, 0.3) is 0 Å². The van der Waals surface area contributed by atoms with Gasteiger partial charge in [-0.2, -0.15) is 5.10 Å². The summed E-state index contributed by atoms with van der Waals surface area (Å²) in [5, 5.41) is 4.21. The molecule has 0 spiro atoms. The van der Waals surface area contributed by atoms with Crippen LogP contribution in [0.3, 0.4) is 0 Å². The first-order valence-corrected chi connectivity index (χ1v) is 5.66. The molecule has 0 radical (unpaired) electrons. The average Bonchev–Trinajstić information content (AvgIpc) is 2.57. The molecule has 5 nitrogen and oxygen atoms in total. The van der Waals surface area contributed by atoms with Gasteiger partial charge in [-0.05, 0) is 24.6 Å². The topological polar surface area (TPSA) is 62.3 Å². The van der Waals surface area contributed by atoms with Crippen molar-refractivity contribution in [2.24, 2.45) is 7.05 Å². The zero-order chi connectivity index (χ0) is 13.1. The lowest BCUT2D eigenvalue weighted by atomic mass is 10.2. The Morgan fingerprint density at radius 2 is 2.17 bits per heavy atom. The van der Waals surface area contributed by atoms with Crippen LogP contribution in [0.1, 0.15) is 11.3 Å². The predicted octanol–water partition coefficient (Wildman–Crippen LogP) is 2.25. The monoisotopic (exact) mass is 247 g/mol. The molecule has 0 aliphatic heterocycles. The molecular weight excluding hydrogens is 230 g/mol. The van der Waals surface area contributed by atoms with Gasteiger partial charge in [0, 0.05) is 14.2 Å².